The molecule has 1 aliphatic heterocycles. The molecule has 7 heteroatoms. The summed E-state index contributed by atoms with van der Waals surface area (Å²) in [5, 5.41) is 9.81. The summed E-state index contributed by atoms with van der Waals surface area (Å²) in [6.07, 6.45) is -1.65. The number of aromatic amines is 1. The molecule has 1 fully saturated rings. The number of nitrogens with one attached hydrogen (secondary N) is 1. The zero-order chi connectivity index (χ0) is 13.5. The van der Waals surface area contributed by atoms with Gasteiger partial charge in [0.05, 0.1) is 6.10 Å². The number of H-pyrrole nitrogens is 1. The number of hydrogen-bond donors (Lipinski definition) is 2. The number of rotatable bonds is 2. The van der Waals surface area contributed by atoms with E-state index in [1.54, 1.807) is 6.92 Å². The van der Waals surface area contributed by atoms with Crippen molar-refractivity contribution in [2.75, 3.05) is 0 Å². The van der Waals surface area contributed by atoms with Crippen LogP contribution in [0.25, 0.3) is 0 Å². The normalized spacial score (nSPS) is 35.9. The molecule has 0 radical (unpaired) electrons. The quantitative estimate of drug-likeness (QED) is 0.778. The third-order valence-corrected chi connectivity index (χ3v) is 3.22. The predicted molar refractivity (Wildman–Crippen MR) is 61.0 cm³/mol. The van der Waals surface area contributed by atoms with Crippen LogP contribution in [0.5, 0.6) is 0 Å². The van der Waals surface area contributed by atoms with Gasteiger partial charge in [-0.2, -0.15) is 0 Å². The molecule has 1 aromatic rings. The van der Waals surface area contributed by atoms with Crippen LogP contribution >= 0.6 is 0 Å². The zero-order valence-electron chi connectivity index (χ0n) is 10.1. The van der Waals surface area contributed by atoms with E-state index in [1.165, 1.54) is 6.92 Å². The van der Waals surface area contributed by atoms with Gasteiger partial charge in [0.25, 0.3) is 5.56 Å². The molecule has 0 amide bonds. The van der Waals surface area contributed by atoms with E-state index in [1.807, 2.05) is 4.98 Å². The molecule has 2 heterocycles. The standard InChI is InChI=1S/C11H15FN2O4/c1-3-6-8(16)11(2,12)9(18-6)14-5-4-7(15)13-10(14)17/h4-6,8-9,16H,3H2,1-2H3,(H,13,15,17). The molecule has 100 valence electrons. The van der Waals surface area contributed by atoms with E-state index >= 15 is 0 Å². The Morgan fingerprint density at radius 3 is 2.78 bits per heavy atom. The molecule has 0 bridgehead atoms. The summed E-state index contributed by atoms with van der Waals surface area (Å²) < 4.78 is 20.8. The smallest absolute Gasteiger partial charge is 0.330 e. The summed E-state index contributed by atoms with van der Waals surface area (Å²) in [6.45, 7) is 2.93. The first kappa shape index (κ1) is 13.0. The van der Waals surface area contributed by atoms with Crippen LogP contribution in [0.3, 0.4) is 0 Å². The van der Waals surface area contributed by atoms with Crippen LogP contribution in [0.15, 0.2) is 21.9 Å². The van der Waals surface area contributed by atoms with Crippen LogP contribution in [-0.4, -0.2) is 32.5 Å². The summed E-state index contributed by atoms with van der Waals surface area (Å²) in [5.41, 5.74) is -3.43. The largest absolute Gasteiger partial charge is 0.387 e. The van der Waals surface area contributed by atoms with E-state index in [9.17, 15) is 19.1 Å². The van der Waals surface area contributed by atoms with Gasteiger partial charge in [-0.15, -0.1) is 0 Å². The Labute approximate surface area is 102 Å². The third-order valence-electron chi connectivity index (χ3n) is 3.22. The average molecular weight is 258 g/mol. The van der Waals surface area contributed by atoms with Gasteiger partial charge in [-0.3, -0.25) is 14.3 Å². The number of hydrogen-bond acceptors (Lipinski definition) is 4. The zero-order valence-corrected chi connectivity index (χ0v) is 10.1. The minimum atomic E-state index is -2.09. The first-order chi connectivity index (χ1) is 8.37. The molecule has 18 heavy (non-hydrogen) atoms. The highest BCUT2D eigenvalue weighted by molar-refractivity contribution is 5.00. The van der Waals surface area contributed by atoms with E-state index in [2.05, 4.69) is 0 Å². The third kappa shape index (κ3) is 1.89. The molecule has 2 N–H and O–H groups in total. The van der Waals surface area contributed by atoms with Gasteiger partial charge in [-0.1, -0.05) is 6.92 Å². The van der Waals surface area contributed by atoms with Gasteiger partial charge in [-0.25, -0.2) is 9.18 Å². The van der Waals surface area contributed by atoms with Gasteiger partial charge >= 0.3 is 5.69 Å². The molecule has 4 unspecified atom stereocenters. The molecule has 1 aromatic heterocycles. The lowest BCUT2D eigenvalue weighted by Gasteiger charge is -2.24. The summed E-state index contributed by atoms with van der Waals surface area (Å²) in [5.74, 6) is 0. The highest BCUT2D eigenvalue weighted by Crippen LogP contribution is 2.41. The molecule has 0 aliphatic carbocycles. The lowest BCUT2D eigenvalue weighted by atomic mass is 9.97. The molecule has 4 atom stereocenters. The van der Waals surface area contributed by atoms with Crippen molar-refractivity contribution in [1.29, 1.82) is 0 Å². The summed E-state index contributed by atoms with van der Waals surface area (Å²) in [7, 11) is 0. The second-order valence-corrected chi connectivity index (χ2v) is 4.55. The molecular formula is C11H15FN2O4. The monoisotopic (exact) mass is 258 g/mol. The Balaban J connectivity index is 2.45. The van der Waals surface area contributed by atoms with Gasteiger partial charge in [-0.05, 0) is 13.3 Å². The summed E-state index contributed by atoms with van der Waals surface area (Å²) in [4.78, 5) is 24.6. The molecule has 2 rings (SSSR count). The van der Waals surface area contributed by atoms with E-state index in [0.717, 1.165) is 16.8 Å². The lowest BCUT2D eigenvalue weighted by molar-refractivity contribution is -0.0510. The highest BCUT2D eigenvalue weighted by atomic mass is 19.1. The minimum absolute atomic E-state index is 0.426. The first-order valence-corrected chi connectivity index (χ1v) is 5.71. The molecular weight excluding hydrogens is 243 g/mol. The molecule has 6 nitrogen and oxygen atoms in total. The maximum atomic E-state index is 14.4. The van der Waals surface area contributed by atoms with Gasteiger partial charge < -0.3 is 9.84 Å². The van der Waals surface area contributed by atoms with Crippen LogP contribution in [0.2, 0.25) is 0 Å². The van der Waals surface area contributed by atoms with Crippen LogP contribution in [0.1, 0.15) is 26.5 Å². The Morgan fingerprint density at radius 2 is 2.28 bits per heavy atom. The summed E-state index contributed by atoms with van der Waals surface area (Å²) in [6, 6.07) is 1.10. The maximum absolute atomic E-state index is 14.4. The van der Waals surface area contributed by atoms with Crippen molar-refractivity contribution in [1.82, 2.24) is 9.55 Å². The Kier molecular flexibility index (Phi) is 3.12. The number of halogens is 1. The van der Waals surface area contributed by atoms with Crippen molar-refractivity contribution < 1.29 is 14.2 Å². The van der Waals surface area contributed by atoms with E-state index in [4.69, 9.17) is 4.74 Å². The Hall–Kier alpha value is -1.47. The fraction of sp³-hybridized carbons (Fsp3) is 0.636. The van der Waals surface area contributed by atoms with Gasteiger partial charge in [0.15, 0.2) is 11.9 Å². The van der Waals surface area contributed by atoms with Crippen molar-refractivity contribution in [3.63, 3.8) is 0 Å². The van der Waals surface area contributed by atoms with Crippen molar-refractivity contribution >= 4 is 0 Å². The predicted octanol–water partition coefficient (Wildman–Crippen LogP) is -0.0669. The fourth-order valence-electron chi connectivity index (χ4n) is 2.15. The lowest BCUT2D eigenvalue weighted by Crippen LogP contribution is -2.43. The second-order valence-electron chi connectivity index (χ2n) is 4.55. The molecule has 1 aliphatic rings. The van der Waals surface area contributed by atoms with E-state index < -0.39 is 35.4 Å². The fourth-order valence-corrected chi connectivity index (χ4v) is 2.15. The minimum Gasteiger partial charge on any atom is -0.387 e. The molecule has 0 aromatic carbocycles. The van der Waals surface area contributed by atoms with Crippen molar-refractivity contribution in [2.24, 2.45) is 0 Å². The van der Waals surface area contributed by atoms with E-state index in [-0.39, 0.29) is 0 Å². The molecule has 0 spiro atoms. The number of aliphatic hydroxyl groups excluding tert-OH is 1. The number of ether oxygens (including phenoxy) is 1. The SMILES string of the molecule is CCC1OC(n2ccc(=O)[nH]c2=O)C(C)(F)C1O. The Morgan fingerprint density at radius 1 is 1.61 bits per heavy atom. The Bertz CT molecular complexity index is 550. The van der Waals surface area contributed by atoms with Crippen LogP contribution < -0.4 is 11.2 Å². The van der Waals surface area contributed by atoms with Gasteiger partial charge in [0, 0.05) is 12.3 Å². The van der Waals surface area contributed by atoms with Crippen LogP contribution in [-0.2, 0) is 4.74 Å². The first-order valence-electron chi connectivity index (χ1n) is 5.71. The summed E-state index contributed by atoms with van der Waals surface area (Å²) >= 11 is 0. The van der Waals surface area contributed by atoms with Crippen molar-refractivity contribution in [3.8, 4) is 0 Å². The van der Waals surface area contributed by atoms with Crippen molar-refractivity contribution in [3.05, 3.63) is 33.1 Å². The van der Waals surface area contributed by atoms with E-state index in [0.29, 0.717) is 6.42 Å². The maximum Gasteiger partial charge on any atom is 0.330 e. The van der Waals surface area contributed by atoms with Gasteiger partial charge in [0.2, 0.25) is 0 Å². The number of nitrogens with zero attached hydrogens (tertiary/aromatic N) is 1. The number of aromatic nitrogens is 2. The average Bonchev–Trinajstić information content (AvgIpc) is 2.52. The van der Waals surface area contributed by atoms with Crippen LogP contribution in [0, 0.1) is 0 Å². The van der Waals surface area contributed by atoms with Crippen LogP contribution in [0.4, 0.5) is 4.39 Å². The van der Waals surface area contributed by atoms with Crippen molar-refractivity contribution in [2.45, 2.75) is 44.4 Å². The molecule has 1 saturated heterocycles. The van der Waals surface area contributed by atoms with Gasteiger partial charge in [0.1, 0.15) is 6.10 Å². The second kappa shape index (κ2) is 4.33. The number of alkyl halides is 1. The highest BCUT2D eigenvalue weighted by Gasteiger charge is 2.54. The molecule has 0 saturated carbocycles. The number of aliphatic hydroxyl groups is 1. The topological polar surface area (TPSA) is 84.3 Å².